The van der Waals surface area contributed by atoms with Crippen molar-refractivity contribution >= 4 is 5.97 Å². The Labute approximate surface area is 104 Å². The SMILES string of the molecule is O=C(O)c1c2c(c(CCO)c3c1OCC3)OCC2. The zero-order valence-corrected chi connectivity index (χ0v) is 9.86. The van der Waals surface area contributed by atoms with E-state index in [1.54, 1.807) is 0 Å². The number of fused-ring (bicyclic) bond motifs is 2. The average Bonchev–Trinajstić information content (AvgIpc) is 2.96. The van der Waals surface area contributed by atoms with Gasteiger partial charge in [-0.1, -0.05) is 0 Å². The van der Waals surface area contributed by atoms with Crippen molar-refractivity contribution in [2.75, 3.05) is 19.8 Å². The quantitative estimate of drug-likeness (QED) is 0.829. The molecule has 0 spiro atoms. The summed E-state index contributed by atoms with van der Waals surface area (Å²) in [5.74, 6) is 0.173. The van der Waals surface area contributed by atoms with Crippen LogP contribution in [0.2, 0.25) is 0 Å². The van der Waals surface area contributed by atoms with Crippen LogP contribution in [-0.2, 0) is 19.3 Å². The van der Waals surface area contributed by atoms with E-state index in [0.717, 1.165) is 11.1 Å². The van der Waals surface area contributed by atoms with Gasteiger partial charge in [-0.3, -0.25) is 0 Å². The molecule has 5 nitrogen and oxygen atoms in total. The largest absolute Gasteiger partial charge is 0.493 e. The molecule has 1 aromatic rings. The molecule has 3 rings (SSSR count). The Kier molecular flexibility index (Phi) is 2.63. The van der Waals surface area contributed by atoms with Gasteiger partial charge in [0.15, 0.2) is 0 Å². The van der Waals surface area contributed by atoms with Crippen LogP contribution in [0.4, 0.5) is 0 Å². The normalized spacial score (nSPS) is 15.8. The zero-order valence-electron chi connectivity index (χ0n) is 9.86. The van der Waals surface area contributed by atoms with E-state index < -0.39 is 5.97 Å². The molecule has 0 fully saturated rings. The highest BCUT2D eigenvalue weighted by Crippen LogP contribution is 2.44. The average molecular weight is 250 g/mol. The van der Waals surface area contributed by atoms with E-state index in [1.165, 1.54) is 0 Å². The second-order valence-electron chi connectivity index (χ2n) is 4.44. The van der Waals surface area contributed by atoms with Crippen LogP contribution >= 0.6 is 0 Å². The van der Waals surface area contributed by atoms with Gasteiger partial charge in [0, 0.05) is 36.1 Å². The van der Waals surface area contributed by atoms with Crippen LogP contribution < -0.4 is 9.47 Å². The second kappa shape index (κ2) is 4.17. The van der Waals surface area contributed by atoms with Crippen LogP contribution in [0.25, 0.3) is 0 Å². The summed E-state index contributed by atoms with van der Waals surface area (Å²) in [6.45, 7) is 1.02. The number of aromatic carboxylic acids is 1. The van der Waals surface area contributed by atoms with Gasteiger partial charge in [-0.2, -0.15) is 0 Å². The van der Waals surface area contributed by atoms with Gasteiger partial charge >= 0.3 is 5.97 Å². The van der Waals surface area contributed by atoms with E-state index in [4.69, 9.17) is 14.6 Å². The number of carboxylic acids is 1. The number of carboxylic acid groups (broad SMARTS) is 1. The molecule has 1 aromatic carbocycles. The topological polar surface area (TPSA) is 76.0 Å². The van der Waals surface area contributed by atoms with Crippen LogP contribution in [0.3, 0.4) is 0 Å². The third-order valence-corrected chi connectivity index (χ3v) is 3.49. The van der Waals surface area contributed by atoms with Crippen molar-refractivity contribution in [1.29, 1.82) is 0 Å². The fraction of sp³-hybridized carbons (Fsp3) is 0.462. The molecule has 0 saturated carbocycles. The third kappa shape index (κ3) is 1.47. The molecule has 5 heteroatoms. The number of aliphatic hydroxyl groups excluding tert-OH is 1. The summed E-state index contributed by atoms with van der Waals surface area (Å²) in [6.07, 6.45) is 1.75. The summed E-state index contributed by atoms with van der Waals surface area (Å²) >= 11 is 0. The molecular formula is C13H14O5. The van der Waals surface area contributed by atoms with E-state index >= 15 is 0 Å². The minimum absolute atomic E-state index is 0.0225. The molecule has 0 aromatic heterocycles. The summed E-state index contributed by atoms with van der Waals surface area (Å²) in [5.41, 5.74) is 2.77. The molecule has 0 saturated heterocycles. The van der Waals surface area contributed by atoms with Gasteiger partial charge in [0.05, 0.1) is 13.2 Å². The molecule has 2 aliphatic heterocycles. The first-order chi connectivity index (χ1) is 8.74. The minimum Gasteiger partial charge on any atom is -0.493 e. The van der Waals surface area contributed by atoms with Crippen molar-refractivity contribution in [3.8, 4) is 11.5 Å². The first-order valence-corrected chi connectivity index (χ1v) is 6.04. The number of hydrogen-bond acceptors (Lipinski definition) is 4. The van der Waals surface area contributed by atoms with Gasteiger partial charge in [0.1, 0.15) is 17.1 Å². The monoisotopic (exact) mass is 250 g/mol. The standard InChI is InChI=1S/C13H14O5/c14-4-1-7-8-2-5-18-12(8)10(13(15)16)9-3-6-17-11(7)9/h14H,1-6H2,(H,15,16). The lowest BCUT2D eigenvalue weighted by Crippen LogP contribution is -2.07. The molecule has 0 bridgehead atoms. The molecule has 0 amide bonds. The third-order valence-electron chi connectivity index (χ3n) is 3.49. The van der Waals surface area contributed by atoms with Gasteiger partial charge in [-0.05, 0) is 6.42 Å². The van der Waals surface area contributed by atoms with Crippen molar-refractivity contribution in [3.63, 3.8) is 0 Å². The number of hydrogen-bond donors (Lipinski definition) is 2. The molecular weight excluding hydrogens is 236 g/mol. The van der Waals surface area contributed by atoms with Gasteiger partial charge in [0.25, 0.3) is 0 Å². The highest BCUT2D eigenvalue weighted by Gasteiger charge is 2.33. The van der Waals surface area contributed by atoms with Crippen molar-refractivity contribution in [2.45, 2.75) is 19.3 Å². The minimum atomic E-state index is -0.967. The van der Waals surface area contributed by atoms with Crippen LogP contribution in [-0.4, -0.2) is 36.0 Å². The zero-order chi connectivity index (χ0) is 12.7. The summed E-state index contributed by atoms with van der Waals surface area (Å²) in [6, 6.07) is 0. The van der Waals surface area contributed by atoms with Crippen LogP contribution in [0.15, 0.2) is 0 Å². The molecule has 0 atom stereocenters. The Bertz CT molecular complexity index is 486. The van der Waals surface area contributed by atoms with E-state index in [9.17, 15) is 9.90 Å². The summed E-state index contributed by atoms with van der Waals surface area (Å²) in [7, 11) is 0. The maximum atomic E-state index is 11.4. The fourth-order valence-electron chi connectivity index (χ4n) is 2.81. The number of benzene rings is 1. The number of aliphatic hydroxyl groups is 1. The molecule has 2 heterocycles. The Balaban J connectivity index is 2.28. The van der Waals surface area contributed by atoms with E-state index in [1.807, 2.05) is 0 Å². The predicted octanol–water partition coefficient (Wildman–Crippen LogP) is 0.789. The summed E-state index contributed by atoms with van der Waals surface area (Å²) in [4.78, 5) is 11.4. The molecule has 0 aliphatic carbocycles. The Hall–Kier alpha value is -1.75. The lowest BCUT2D eigenvalue weighted by atomic mass is 9.93. The van der Waals surface area contributed by atoms with Crippen LogP contribution in [0.1, 0.15) is 27.0 Å². The van der Waals surface area contributed by atoms with Gasteiger partial charge in [-0.25, -0.2) is 4.79 Å². The molecule has 0 unspecified atom stereocenters. The van der Waals surface area contributed by atoms with Gasteiger partial charge < -0.3 is 19.7 Å². The van der Waals surface area contributed by atoms with Gasteiger partial charge in [0.2, 0.25) is 0 Å². The molecule has 18 heavy (non-hydrogen) atoms. The Morgan fingerprint density at radius 1 is 1.11 bits per heavy atom. The molecule has 2 N–H and O–H groups in total. The maximum Gasteiger partial charge on any atom is 0.339 e. The second-order valence-corrected chi connectivity index (χ2v) is 4.44. The predicted molar refractivity (Wildman–Crippen MR) is 62.6 cm³/mol. The first-order valence-electron chi connectivity index (χ1n) is 6.04. The maximum absolute atomic E-state index is 11.4. The lowest BCUT2D eigenvalue weighted by molar-refractivity contribution is 0.0692. The van der Waals surface area contributed by atoms with Gasteiger partial charge in [-0.15, -0.1) is 0 Å². The van der Waals surface area contributed by atoms with Crippen molar-refractivity contribution in [1.82, 2.24) is 0 Å². The lowest BCUT2D eigenvalue weighted by Gasteiger charge is -2.14. The first kappa shape index (κ1) is 11.3. The highest BCUT2D eigenvalue weighted by atomic mass is 16.5. The number of ether oxygens (including phenoxy) is 2. The summed E-state index contributed by atoms with van der Waals surface area (Å²) < 4.78 is 11.1. The van der Waals surface area contributed by atoms with Crippen molar-refractivity contribution in [3.05, 3.63) is 22.3 Å². The summed E-state index contributed by atoms with van der Waals surface area (Å²) in [5, 5.41) is 18.5. The molecule has 2 aliphatic rings. The van der Waals surface area contributed by atoms with Crippen molar-refractivity contribution < 1.29 is 24.5 Å². The van der Waals surface area contributed by atoms with E-state index in [-0.39, 0.29) is 12.2 Å². The highest BCUT2D eigenvalue weighted by molar-refractivity contribution is 5.95. The van der Waals surface area contributed by atoms with Crippen molar-refractivity contribution in [2.24, 2.45) is 0 Å². The fourth-order valence-corrected chi connectivity index (χ4v) is 2.81. The molecule has 96 valence electrons. The number of rotatable bonds is 3. The van der Waals surface area contributed by atoms with E-state index in [2.05, 4.69) is 0 Å². The van der Waals surface area contributed by atoms with E-state index in [0.29, 0.717) is 49.5 Å². The molecule has 0 radical (unpaired) electrons. The Morgan fingerprint density at radius 3 is 2.44 bits per heavy atom. The van der Waals surface area contributed by atoms with Crippen LogP contribution in [0, 0.1) is 0 Å². The number of carbonyl (C=O) groups is 1. The Morgan fingerprint density at radius 2 is 1.78 bits per heavy atom. The smallest absolute Gasteiger partial charge is 0.339 e. The van der Waals surface area contributed by atoms with Crippen LogP contribution in [0.5, 0.6) is 11.5 Å².